The Balaban J connectivity index is 2.05. The van der Waals surface area contributed by atoms with Gasteiger partial charge in [0, 0.05) is 30.1 Å². The van der Waals surface area contributed by atoms with Crippen LogP contribution in [0, 0.1) is 5.82 Å². The van der Waals surface area contributed by atoms with E-state index in [1.807, 2.05) is 12.1 Å². The van der Waals surface area contributed by atoms with Gasteiger partial charge in [-0.1, -0.05) is 11.6 Å². The summed E-state index contributed by atoms with van der Waals surface area (Å²) in [7, 11) is 1.62. The van der Waals surface area contributed by atoms with E-state index in [4.69, 9.17) is 16.3 Å². The summed E-state index contributed by atoms with van der Waals surface area (Å²) in [5.41, 5.74) is 0.855. The zero-order valence-corrected chi connectivity index (χ0v) is 14.6. The molecule has 1 unspecified atom stereocenters. The van der Waals surface area contributed by atoms with Gasteiger partial charge in [-0.3, -0.25) is 4.90 Å². The van der Waals surface area contributed by atoms with Gasteiger partial charge < -0.3 is 10.1 Å². The topological polar surface area (TPSA) is 24.5 Å². The largest absolute Gasteiger partial charge is 0.496 e. The van der Waals surface area contributed by atoms with Gasteiger partial charge in [0.1, 0.15) is 11.6 Å². The van der Waals surface area contributed by atoms with Crippen LogP contribution in [-0.2, 0) is 0 Å². The fourth-order valence-corrected chi connectivity index (χ4v) is 4.26. The molecule has 6 heteroatoms. The van der Waals surface area contributed by atoms with E-state index in [1.165, 1.54) is 6.07 Å². The Morgan fingerprint density at radius 2 is 2.13 bits per heavy atom. The minimum absolute atomic E-state index is 0.0435. The molecule has 2 aromatic rings. The SMILES string of the molecule is COc1ccc(F)cc1C(c1ccc(Cl)s1)N1CCCNCC1. The van der Waals surface area contributed by atoms with Crippen molar-refractivity contribution >= 4 is 22.9 Å². The molecular formula is C17H20ClFN2OS. The molecule has 1 aliphatic rings. The molecule has 0 aliphatic carbocycles. The predicted molar refractivity (Wildman–Crippen MR) is 93.2 cm³/mol. The maximum Gasteiger partial charge on any atom is 0.124 e. The molecule has 124 valence electrons. The molecule has 1 fully saturated rings. The molecule has 0 amide bonds. The third-order valence-electron chi connectivity index (χ3n) is 4.09. The average molecular weight is 355 g/mol. The number of rotatable bonds is 4. The Labute approximate surface area is 145 Å². The van der Waals surface area contributed by atoms with Crippen LogP contribution >= 0.6 is 22.9 Å². The highest BCUT2D eigenvalue weighted by atomic mass is 35.5. The number of nitrogens with zero attached hydrogens (tertiary/aromatic N) is 1. The number of hydrogen-bond donors (Lipinski definition) is 1. The third kappa shape index (κ3) is 3.86. The van der Waals surface area contributed by atoms with Gasteiger partial charge in [-0.15, -0.1) is 11.3 Å². The zero-order chi connectivity index (χ0) is 16.2. The van der Waals surface area contributed by atoms with Crippen molar-refractivity contribution in [1.82, 2.24) is 10.2 Å². The van der Waals surface area contributed by atoms with E-state index in [-0.39, 0.29) is 11.9 Å². The quantitative estimate of drug-likeness (QED) is 0.900. The van der Waals surface area contributed by atoms with E-state index >= 15 is 0 Å². The molecule has 1 aromatic heterocycles. The zero-order valence-electron chi connectivity index (χ0n) is 13.0. The van der Waals surface area contributed by atoms with Crippen molar-refractivity contribution in [1.29, 1.82) is 0 Å². The fourth-order valence-electron chi connectivity index (χ4n) is 3.05. The van der Waals surface area contributed by atoms with Crippen LogP contribution in [0.2, 0.25) is 4.34 Å². The lowest BCUT2D eigenvalue weighted by Crippen LogP contribution is -2.32. The van der Waals surface area contributed by atoms with Crippen LogP contribution < -0.4 is 10.1 Å². The Kier molecular flexibility index (Phi) is 5.54. The summed E-state index contributed by atoms with van der Waals surface area (Å²) in [6.45, 7) is 3.79. The minimum Gasteiger partial charge on any atom is -0.496 e. The lowest BCUT2D eigenvalue weighted by atomic mass is 10.0. The summed E-state index contributed by atoms with van der Waals surface area (Å²) >= 11 is 7.69. The molecule has 0 bridgehead atoms. The molecule has 23 heavy (non-hydrogen) atoms. The molecule has 1 aliphatic heterocycles. The van der Waals surface area contributed by atoms with E-state index in [0.29, 0.717) is 5.75 Å². The van der Waals surface area contributed by atoms with Crippen molar-refractivity contribution in [2.24, 2.45) is 0 Å². The Bertz CT molecular complexity index is 656. The molecule has 1 atom stereocenters. The molecule has 0 spiro atoms. The second-order valence-electron chi connectivity index (χ2n) is 5.57. The van der Waals surface area contributed by atoms with Gasteiger partial charge in [0.05, 0.1) is 17.5 Å². The van der Waals surface area contributed by atoms with Crippen LogP contribution in [0.25, 0.3) is 0 Å². The number of hydrogen-bond acceptors (Lipinski definition) is 4. The first-order chi connectivity index (χ1) is 11.2. The second kappa shape index (κ2) is 7.62. The van der Waals surface area contributed by atoms with E-state index in [9.17, 15) is 4.39 Å². The average Bonchev–Trinajstić information content (AvgIpc) is 2.80. The van der Waals surface area contributed by atoms with Crippen molar-refractivity contribution in [3.05, 3.63) is 50.9 Å². The summed E-state index contributed by atoms with van der Waals surface area (Å²) < 4.78 is 20.1. The monoisotopic (exact) mass is 354 g/mol. The van der Waals surface area contributed by atoms with Gasteiger partial charge >= 0.3 is 0 Å². The van der Waals surface area contributed by atoms with Gasteiger partial charge in [-0.25, -0.2) is 4.39 Å². The number of methoxy groups -OCH3 is 1. The van der Waals surface area contributed by atoms with E-state index in [1.54, 1.807) is 30.6 Å². The summed E-state index contributed by atoms with van der Waals surface area (Å²) in [5.74, 6) is 0.458. The first-order valence-corrected chi connectivity index (χ1v) is 8.92. The van der Waals surface area contributed by atoms with Crippen molar-refractivity contribution in [3.8, 4) is 5.75 Å². The minimum atomic E-state index is -0.249. The Hall–Kier alpha value is -1.14. The Morgan fingerprint density at radius 3 is 2.87 bits per heavy atom. The lowest BCUT2D eigenvalue weighted by Gasteiger charge is -2.31. The molecule has 2 heterocycles. The van der Waals surface area contributed by atoms with Crippen LogP contribution in [0.15, 0.2) is 30.3 Å². The molecule has 3 nitrogen and oxygen atoms in total. The number of benzene rings is 1. The third-order valence-corrected chi connectivity index (χ3v) is 5.37. The first kappa shape index (κ1) is 16.7. The molecule has 3 rings (SSSR count). The van der Waals surface area contributed by atoms with Gasteiger partial charge in [-0.2, -0.15) is 0 Å². The van der Waals surface area contributed by atoms with E-state index in [2.05, 4.69) is 10.2 Å². The van der Waals surface area contributed by atoms with Crippen molar-refractivity contribution in [2.45, 2.75) is 12.5 Å². The van der Waals surface area contributed by atoms with Gasteiger partial charge in [-0.05, 0) is 43.3 Å². The maximum atomic E-state index is 13.9. The van der Waals surface area contributed by atoms with Crippen molar-refractivity contribution < 1.29 is 9.13 Å². The standard InChI is InChI=1S/C17H20ClFN2OS/c1-22-14-4-3-12(19)11-13(14)17(15-5-6-16(18)23-15)21-9-2-7-20-8-10-21/h3-6,11,17,20H,2,7-10H2,1H3. The second-order valence-corrected chi connectivity index (χ2v) is 7.32. The van der Waals surface area contributed by atoms with Crippen LogP contribution in [0.1, 0.15) is 22.9 Å². The van der Waals surface area contributed by atoms with Gasteiger partial charge in [0.25, 0.3) is 0 Å². The van der Waals surface area contributed by atoms with Crippen molar-refractivity contribution in [2.75, 3.05) is 33.3 Å². The Morgan fingerprint density at radius 1 is 1.26 bits per heavy atom. The molecule has 0 radical (unpaired) electrons. The fraction of sp³-hybridized carbons (Fsp3) is 0.412. The summed E-state index contributed by atoms with van der Waals surface area (Å²) in [6, 6.07) is 8.60. The van der Waals surface area contributed by atoms with Gasteiger partial charge in [0.2, 0.25) is 0 Å². The van der Waals surface area contributed by atoms with Crippen molar-refractivity contribution in [3.63, 3.8) is 0 Å². The predicted octanol–water partition coefficient (Wildman–Crippen LogP) is 3.93. The summed E-state index contributed by atoms with van der Waals surface area (Å²) in [6.07, 6.45) is 1.06. The van der Waals surface area contributed by atoms with E-state index in [0.717, 1.165) is 47.4 Å². The molecule has 1 aromatic carbocycles. The number of halogens is 2. The lowest BCUT2D eigenvalue weighted by molar-refractivity contribution is 0.238. The highest BCUT2D eigenvalue weighted by Gasteiger charge is 2.27. The normalized spacial score (nSPS) is 17.7. The highest BCUT2D eigenvalue weighted by molar-refractivity contribution is 7.16. The smallest absolute Gasteiger partial charge is 0.124 e. The number of ether oxygens (including phenoxy) is 1. The van der Waals surface area contributed by atoms with Crippen LogP contribution in [0.5, 0.6) is 5.75 Å². The molecule has 1 N–H and O–H groups in total. The van der Waals surface area contributed by atoms with Crippen LogP contribution in [-0.4, -0.2) is 38.2 Å². The first-order valence-electron chi connectivity index (χ1n) is 7.72. The number of thiophene rings is 1. The van der Waals surface area contributed by atoms with Crippen LogP contribution in [0.3, 0.4) is 0 Å². The number of nitrogens with one attached hydrogen (secondary N) is 1. The maximum absolute atomic E-state index is 13.9. The molecule has 0 saturated carbocycles. The molecular weight excluding hydrogens is 335 g/mol. The van der Waals surface area contributed by atoms with Crippen LogP contribution in [0.4, 0.5) is 4.39 Å². The summed E-state index contributed by atoms with van der Waals surface area (Å²) in [4.78, 5) is 3.49. The highest BCUT2D eigenvalue weighted by Crippen LogP contribution is 2.39. The molecule has 1 saturated heterocycles. The van der Waals surface area contributed by atoms with E-state index < -0.39 is 0 Å². The van der Waals surface area contributed by atoms with Gasteiger partial charge in [0.15, 0.2) is 0 Å². The summed E-state index contributed by atoms with van der Waals surface area (Å²) in [5, 5.41) is 3.41.